The average Bonchev–Trinajstić information content (AvgIpc) is 1.00. The molecule has 2 radical (unpaired) electrons. The van der Waals surface area contributed by atoms with E-state index in [2.05, 4.69) is 15.4 Å². The predicted molar refractivity (Wildman–Crippen MR) is 35.6 cm³/mol. The van der Waals surface area contributed by atoms with E-state index in [1.807, 2.05) is 0 Å². The van der Waals surface area contributed by atoms with Crippen LogP contribution in [0.15, 0.2) is 0 Å². The maximum absolute atomic E-state index is 2.34. The van der Waals surface area contributed by atoms with Crippen LogP contribution in [0.5, 0.6) is 0 Å². The average molecular weight is 310 g/mol. The van der Waals surface area contributed by atoms with E-state index in [0.717, 1.165) is 0 Å². The molecule has 0 spiro atoms. The molecule has 0 nitrogen and oxygen atoms in total. The normalized spacial score (nSPS) is 1.50. The summed E-state index contributed by atoms with van der Waals surface area (Å²) in [5, 5.41) is 0. The second kappa shape index (κ2) is 19.5. The molecule has 4 heteroatoms. The van der Waals surface area contributed by atoms with E-state index in [4.69, 9.17) is 0 Å². The second-order valence-corrected chi connectivity index (χ2v) is 0. The summed E-state index contributed by atoms with van der Waals surface area (Å²) in [6.45, 7) is 0. The van der Waals surface area contributed by atoms with Gasteiger partial charge in [-0.1, -0.05) is 0 Å². The number of rotatable bonds is 0. The molecule has 0 fully saturated rings. The Hall–Kier alpha value is 2.10. The fourth-order valence-electron chi connectivity index (χ4n) is 0. The second-order valence-electron chi connectivity index (χ2n) is 0. The van der Waals surface area contributed by atoms with Crippen molar-refractivity contribution < 1.29 is 0 Å². The van der Waals surface area contributed by atoms with Gasteiger partial charge in [0.05, 0.1) is 0 Å². The Morgan fingerprint density at radius 3 is 1.25 bits per heavy atom. The standard InChI is InChI=1S/GeH4.Sb.H3SeSi.2H/c;;1-2;;/h1H4;;1H,2H2;;. The Kier molecular flexibility index (Phi) is 80.3. The van der Waals surface area contributed by atoms with E-state index < -0.39 is 0 Å². The molecule has 4 heavy (non-hydrogen) atoms. The third kappa shape index (κ3) is 8.94. The van der Waals surface area contributed by atoms with Crippen LogP contribution in [0, 0.1) is 0 Å². The zero-order valence-corrected chi connectivity index (χ0v) is 8.32. The van der Waals surface area contributed by atoms with Crippen molar-refractivity contribution in [1.82, 2.24) is 0 Å². The maximum atomic E-state index is 2.34. The van der Waals surface area contributed by atoms with E-state index in [1.54, 1.807) is 8.85 Å². The van der Waals surface area contributed by atoms with Gasteiger partial charge in [0.15, 0.2) is 0 Å². The molecule has 0 saturated carbocycles. The van der Waals surface area contributed by atoms with Crippen LogP contribution in [0.3, 0.4) is 0 Å². The van der Waals surface area contributed by atoms with Crippen molar-refractivity contribution in [1.29, 1.82) is 0 Å². The van der Waals surface area contributed by atoms with Crippen molar-refractivity contribution in [2.75, 3.05) is 0 Å². The van der Waals surface area contributed by atoms with E-state index in [0.29, 0.717) is 0 Å². The fraction of sp³-hybridized carbons (Fsp3) is 0. The third-order valence-electron chi connectivity index (χ3n) is 0. The van der Waals surface area contributed by atoms with E-state index >= 15 is 0 Å². The Morgan fingerprint density at radius 1 is 1.25 bits per heavy atom. The van der Waals surface area contributed by atoms with Gasteiger partial charge in [-0.05, 0) is 0 Å². The minimum absolute atomic E-state index is 0. The van der Waals surface area contributed by atoms with Crippen LogP contribution in [0.4, 0.5) is 0 Å². The van der Waals surface area contributed by atoms with Crippen molar-refractivity contribution in [2.45, 2.75) is 0 Å². The fourth-order valence-corrected chi connectivity index (χ4v) is 0. The van der Waals surface area contributed by atoms with Gasteiger partial charge in [-0.3, -0.25) is 0 Å². The molecule has 0 bridgehead atoms. The number of hydrogen-bond donors (Lipinski definition) is 0. The molecule has 0 aromatic heterocycles. The molecule has 0 heterocycles. The zero-order valence-electron chi connectivity index (χ0n) is 1.73. The molecule has 0 atom stereocenters. The summed E-state index contributed by atoms with van der Waals surface area (Å²) >= 11 is 2.34. The van der Waals surface area contributed by atoms with Gasteiger partial charge in [-0.2, -0.15) is 0 Å². The summed E-state index contributed by atoms with van der Waals surface area (Å²) in [4.78, 5) is 0. The topological polar surface area (TPSA) is 0 Å². The van der Waals surface area contributed by atoms with Crippen molar-refractivity contribution in [3.8, 4) is 0 Å². The van der Waals surface area contributed by atoms with Gasteiger partial charge in [0.1, 0.15) is 0 Å². The van der Waals surface area contributed by atoms with E-state index in [1.165, 1.54) is 0 Å². The van der Waals surface area contributed by atoms with Crippen LogP contribution in [0.2, 0.25) is 0 Å². The Bertz CT molecular complexity index is 8.00. The van der Waals surface area contributed by atoms with Crippen LogP contribution in [-0.2, 0) is 0 Å². The van der Waals surface area contributed by atoms with Gasteiger partial charge in [-0.25, -0.2) is 0 Å². The van der Waals surface area contributed by atoms with Gasteiger partial charge >= 0.3 is 66.2 Å². The molecular weight excluding hydrogens is 301 g/mol. The molecule has 0 rings (SSSR count). The molecular formula is H9GeSbSeSi. The van der Waals surface area contributed by atoms with Crippen LogP contribution >= 0.6 is 0 Å². The van der Waals surface area contributed by atoms with Gasteiger partial charge < -0.3 is 0 Å². The predicted octanol–water partition coefficient (Wildman–Crippen LogP) is -3.93. The van der Waals surface area contributed by atoms with Gasteiger partial charge in [0.25, 0.3) is 0 Å². The first kappa shape index (κ1) is 16.5. The molecule has 0 aromatic carbocycles. The molecule has 0 aliphatic carbocycles. The van der Waals surface area contributed by atoms with Crippen molar-refractivity contribution in [3.05, 3.63) is 0 Å². The summed E-state index contributed by atoms with van der Waals surface area (Å²) in [6.07, 6.45) is 0. The molecule has 0 unspecified atom stereocenters. The summed E-state index contributed by atoms with van der Waals surface area (Å²) in [7, 11) is 1.80. The monoisotopic (exact) mass is 312 g/mol. The van der Waals surface area contributed by atoms with Crippen LogP contribution in [0.25, 0.3) is 0 Å². The van der Waals surface area contributed by atoms with Crippen molar-refractivity contribution in [3.63, 3.8) is 0 Å². The SMILES string of the molecule is [GeH4].[SbH2].[SiH2][SeH]. The zero-order chi connectivity index (χ0) is 2.00. The van der Waals surface area contributed by atoms with E-state index in [9.17, 15) is 0 Å². The summed E-state index contributed by atoms with van der Waals surface area (Å²) < 4.78 is 0. The first-order valence-electron chi connectivity index (χ1n) is 0.316. The Morgan fingerprint density at radius 2 is 1.25 bits per heavy atom. The first-order chi connectivity index (χ1) is 1.00. The molecule has 28 valence electrons. The van der Waals surface area contributed by atoms with Gasteiger partial charge in [0.2, 0.25) is 0 Å². The summed E-state index contributed by atoms with van der Waals surface area (Å²) in [5.74, 6) is 0. The molecule has 0 aliphatic heterocycles. The summed E-state index contributed by atoms with van der Waals surface area (Å²) in [6, 6.07) is 0. The van der Waals surface area contributed by atoms with E-state index in [-0.39, 0.29) is 42.0 Å². The van der Waals surface area contributed by atoms with Gasteiger partial charge in [0, 0.05) is 0 Å². The molecule has 0 aliphatic rings. The minimum atomic E-state index is 0. The Labute approximate surface area is 65.6 Å². The molecule has 0 saturated heterocycles. The molecule has 0 amide bonds. The Balaban J connectivity index is -0.00000000500. The molecule has 0 aromatic rings. The van der Waals surface area contributed by atoms with Crippen LogP contribution in [-0.4, -0.2) is 66.2 Å². The molecule has 0 N–H and O–H groups in total. The first-order valence-corrected chi connectivity index (χ1v) is 4.93. The van der Waals surface area contributed by atoms with Gasteiger partial charge in [-0.15, -0.1) is 0 Å². The number of hydrogen-bond acceptors (Lipinski definition) is 0. The third-order valence-corrected chi connectivity index (χ3v) is 0. The van der Waals surface area contributed by atoms with Crippen LogP contribution < -0.4 is 0 Å². The van der Waals surface area contributed by atoms with Crippen LogP contribution in [0.1, 0.15) is 0 Å². The summed E-state index contributed by atoms with van der Waals surface area (Å²) in [5.41, 5.74) is 0. The van der Waals surface area contributed by atoms with Crippen molar-refractivity contribution in [2.24, 2.45) is 0 Å². The quantitative estimate of drug-likeness (QED) is 0.401. The van der Waals surface area contributed by atoms with Crippen molar-refractivity contribution >= 4 is 66.2 Å².